The molecule has 0 saturated carbocycles. The van der Waals surface area contributed by atoms with E-state index >= 15 is 0 Å². The molecule has 1 fully saturated rings. The Bertz CT molecular complexity index is 300. The molecule has 16 heavy (non-hydrogen) atoms. The van der Waals surface area contributed by atoms with Crippen molar-refractivity contribution in [3.63, 3.8) is 0 Å². The Labute approximate surface area is 95.7 Å². The molecule has 1 saturated heterocycles. The second kappa shape index (κ2) is 5.91. The van der Waals surface area contributed by atoms with Crippen molar-refractivity contribution in [1.82, 2.24) is 21.0 Å². The van der Waals surface area contributed by atoms with Gasteiger partial charge in [0.05, 0.1) is 24.9 Å². The van der Waals surface area contributed by atoms with Crippen LogP contribution in [0.4, 0.5) is 0 Å². The minimum Gasteiger partial charge on any atom is -0.379 e. The number of nitrogens with zero attached hydrogens (tertiary/aromatic N) is 2. The Balaban J connectivity index is 1.77. The highest BCUT2D eigenvalue weighted by molar-refractivity contribution is 5.07. The summed E-state index contributed by atoms with van der Waals surface area (Å²) < 4.78 is 5.27. The van der Waals surface area contributed by atoms with Crippen molar-refractivity contribution in [2.24, 2.45) is 0 Å². The fraction of sp³-hybridized carbons (Fsp3) is 0.545. The van der Waals surface area contributed by atoms with Gasteiger partial charge in [0.25, 0.3) is 0 Å². The van der Waals surface area contributed by atoms with Crippen LogP contribution in [0.15, 0.2) is 24.4 Å². The summed E-state index contributed by atoms with van der Waals surface area (Å²) in [5.74, 6) is 0. The smallest absolute Gasteiger partial charge is 0.0619 e. The molecule has 2 N–H and O–H groups in total. The van der Waals surface area contributed by atoms with Crippen LogP contribution in [0.5, 0.6) is 0 Å². The Hall–Kier alpha value is -1.01. The van der Waals surface area contributed by atoms with Gasteiger partial charge in [0.2, 0.25) is 0 Å². The van der Waals surface area contributed by atoms with E-state index in [1.165, 1.54) is 0 Å². The molecule has 5 nitrogen and oxygen atoms in total. The molecule has 0 amide bonds. The Morgan fingerprint density at radius 1 is 1.38 bits per heavy atom. The maximum absolute atomic E-state index is 5.27. The van der Waals surface area contributed by atoms with E-state index in [-0.39, 0.29) is 6.04 Å². The number of aromatic nitrogens is 1. The second-order valence-corrected chi connectivity index (χ2v) is 3.83. The monoisotopic (exact) mass is 222 g/mol. The summed E-state index contributed by atoms with van der Waals surface area (Å²) >= 11 is 0. The summed E-state index contributed by atoms with van der Waals surface area (Å²) in [5, 5.41) is 2.11. The van der Waals surface area contributed by atoms with Crippen molar-refractivity contribution in [2.45, 2.75) is 13.0 Å². The van der Waals surface area contributed by atoms with Crippen LogP contribution in [0.25, 0.3) is 0 Å². The van der Waals surface area contributed by atoms with Gasteiger partial charge in [0, 0.05) is 19.3 Å². The molecule has 5 heteroatoms. The van der Waals surface area contributed by atoms with Gasteiger partial charge in [-0.25, -0.2) is 10.4 Å². The zero-order valence-corrected chi connectivity index (χ0v) is 9.52. The molecule has 1 atom stereocenters. The van der Waals surface area contributed by atoms with Crippen LogP contribution in [-0.4, -0.2) is 36.3 Å². The average molecular weight is 222 g/mol. The molecular weight excluding hydrogens is 204 g/mol. The summed E-state index contributed by atoms with van der Waals surface area (Å²) in [4.78, 5) is 4.30. The van der Waals surface area contributed by atoms with Gasteiger partial charge in [-0.2, -0.15) is 5.53 Å². The van der Waals surface area contributed by atoms with Crippen molar-refractivity contribution in [2.75, 3.05) is 26.3 Å². The van der Waals surface area contributed by atoms with Gasteiger partial charge < -0.3 is 4.74 Å². The topological polar surface area (TPSA) is 49.4 Å². The molecule has 0 bridgehead atoms. The van der Waals surface area contributed by atoms with Crippen molar-refractivity contribution in [3.8, 4) is 0 Å². The van der Waals surface area contributed by atoms with Gasteiger partial charge in [-0.05, 0) is 19.1 Å². The lowest BCUT2D eigenvalue weighted by Crippen LogP contribution is -2.52. The lowest BCUT2D eigenvalue weighted by molar-refractivity contribution is -0.00144. The van der Waals surface area contributed by atoms with Gasteiger partial charge in [-0.1, -0.05) is 6.07 Å². The number of rotatable bonds is 4. The number of ether oxygens (including phenoxy) is 1. The summed E-state index contributed by atoms with van der Waals surface area (Å²) in [6, 6.07) is 6.11. The Kier molecular flexibility index (Phi) is 4.24. The third-order valence-corrected chi connectivity index (χ3v) is 2.58. The van der Waals surface area contributed by atoms with E-state index in [2.05, 4.69) is 27.9 Å². The van der Waals surface area contributed by atoms with E-state index in [1.807, 2.05) is 24.4 Å². The molecule has 2 heterocycles. The van der Waals surface area contributed by atoms with E-state index in [1.54, 1.807) is 0 Å². The molecule has 88 valence electrons. The molecule has 0 aliphatic carbocycles. The lowest BCUT2D eigenvalue weighted by Gasteiger charge is -2.28. The van der Waals surface area contributed by atoms with Crippen molar-refractivity contribution in [3.05, 3.63) is 30.1 Å². The standard InChI is InChI=1S/C11H18N4O/c1-10(11-4-2-3-5-12-11)13-14-15-6-8-16-9-7-15/h2-5,10,13-14H,6-9H2,1H3. The molecule has 1 aliphatic rings. The molecular formula is C11H18N4O. The predicted octanol–water partition coefficient (Wildman–Crippen LogP) is 0.484. The molecule has 1 aromatic heterocycles. The summed E-state index contributed by atoms with van der Waals surface area (Å²) in [6.07, 6.45) is 1.81. The highest BCUT2D eigenvalue weighted by Crippen LogP contribution is 2.06. The molecule has 1 aromatic rings. The lowest BCUT2D eigenvalue weighted by atomic mass is 10.2. The molecule has 1 unspecified atom stereocenters. The summed E-state index contributed by atoms with van der Waals surface area (Å²) in [6.45, 7) is 5.46. The maximum atomic E-state index is 5.27. The van der Waals surface area contributed by atoms with Crippen LogP contribution >= 0.6 is 0 Å². The quantitative estimate of drug-likeness (QED) is 0.726. The minimum absolute atomic E-state index is 0.184. The first kappa shape index (κ1) is 11.5. The van der Waals surface area contributed by atoms with Crippen LogP contribution in [0, 0.1) is 0 Å². The number of hydrogen-bond donors (Lipinski definition) is 2. The highest BCUT2D eigenvalue weighted by atomic mass is 16.5. The average Bonchev–Trinajstić information content (AvgIpc) is 2.38. The second-order valence-electron chi connectivity index (χ2n) is 3.83. The first-order chi connectivity index (χ1) is 7.86. The largest absolute Gasteiger partial charge is 0.379 e. The predicted molar refractivity (Wildman–Crippen MR) is 61.3 cm³/mol. The van der Waals surface area contributed by atoms with Crippen LogP contribution in [0.2, 0.25) is 0 Å². The normalized spacial score (nSPS) is 19.6. The van der Waals surface area contributed by atoms with E-state index < -0.39 is 0 Å². The number of hydrogen-bond acceptors (Lipinski definition) is 5. The van der Waals surface area contributed by atoms with Gasteiger partial charge in [0.1, 0.15) is 0 Å². The number of pyridine rings is 1. The van der Waals surface area contributed by atoms with Gasteiger partial charge in [-0.15, -0.1) is 0 Å². The third-order valence-electron chi connectivity index (χ3n) is 2.58. The van der Waals surface area contributed by atoms with Gasteiger partial charge >= 0.3 is 0 Å². The van der Waals surface area contributed by atoms with Crippen LogP contribution in [-0.2, 0) is 4.74 Å². The van der Waals surface area contributed by atoms with Crippen molar-refractivity contribution >= 4 is 0 Å². The van der Waals surface area contributed by atoms with E-state index in [0.29, 0.717) is 0 Å². The highest BCUT2D eigenvalue weighted by Gasteiger charge is 2.11. The SMILES string of the molecule is CC(NNN1CCOCC1)c1ccccn1. The molecule has 0 aromatic carbocycles. The van der Waals surface area contributed by atoms with E-state index in [0.717, 1.165) is 32.0 Å². The van der Waals surface area contributed by atoms with Gasteiger partial charge in [0.15, 0.2) is 0 Å². The number of hydrazine groups is 2. The molecule has 1 aliphatic heterocycles. The fourth-order valence-electron chi connectivity index (χ4n) is 1.57. The first-order valence-corrected chi connectivity index (χ1v) is 5.61. The van der Waals surface area contributed by atoms with Crippen molar-refractivity contribution in [1.29, 1.82) is 0 Å². The van der Waals surface area contributed by atoms with Crippen LogP contribution in [0.1, 0.15) is 18.7 Å². The number of morpholine rings is 1. The molecule has 0 spiro atoms. The number of nitrogens with one attached hydrogen (secondary N) is 2. The van der Waals surface area contributed by atoms with Crippen LogP contribution < -0.4 is 11.0 Å². The zero-order valence-electron chi connectivity index (χ0n) is 9.52. The minimum atomic E-state index is 0.184. The Morgan fingerprint density at radius 2 is 2.19 bits per heavy atom. The summed E-state index contributed by atoms with van der Waals surface area (Å²) in [5.41, 5.74) is 7.44. The van der Waals surface area contributed by atoms with Crippen LogP contribution in [0.3, 0.4) is 0 Å². The Morgan fingerprint density at radius 3 is 2.88 bits per heavy atom. The third kappa shape index (κ3) is 3.24. The maximum Gasteiger partial charge on any atom is 0.0619 e. The summed E-state index contributed by atoms with van der Waals surface area (Å²) in [7, 11) is 0. The molecule has 0 radical (unpaired) electrons. The van der Waals surface area contributed by atoms with E-state index in [4.69, 9.17) is 4.74 Å². The van der Waals surface area contributed by atoms with Crippen molar-refractivity contribution < 1.29 is 4.74 Å². The zero-order chi connectivity index (χ0) is 11.2. The fourth-order valence-corrected chi connectivity index (χ4v) is 1.57. The molecule has 2 rings (SSSR count). The first-order valence-electron chi connectivity index (χ1n) is 5.61. The van der Waals surface area contributed by atoms with E-state index in [9.17, 15) is 0 Å². The van der Waals surface area contributed by atoms with Gasteiger partial charge in [-0.3, -0.25) is 4.98 Å².